The minimum Gasteiger partial charge on any atom is -0.306 e. The van der Waals surface area contributed by atoms with Crippen molar-refractivity contribution in [2.24, 2.45) is 0 Å². The SMILES string of the molecule is CC1CC(N[C@H](C)c2cccc(Cl)c2)CN1C1CC1. The van der Waals surface area contributed by atoms with Crippen molar-refractivity contribution in [3.8, 4) is 0 Å². The van der Waals surface area contributed by atoms with Gasteiger partial charge in [-0.25, -0.2) is 0 Å². The van der Waals surface area contributed by atoms with E-state index in [2.05, 4.69) is 36.2 Å². The Labute approximate surface area is 121 Å². The van der Waals surface area contributed by atoms with E-state index in [0.717, 1.165) is 17.1 Å². The zero-order chi connectivity index (χ0) is 13.4. The first-order valence-corrected chi connectivity index (χ1v) is 7.78. The monoisotopic (exact) mass is 278 g/mol. The van der Waals surface area contributed by atoms with E-state index in [1.807, 2.05) is 12.1 Å². The second kappa shape index (κ2) is 5.43. The molecule has 1 aromatic rings. The van der Waals surface area contributed by atoms with Gasteiger partial charge in [0.2, 0.25) is 0 Å². The highest BCUT2D eigenvalue weighted by Gasteiger charge is 2.38. The van der Waals surface area contributed by atoms with Gasteiger partial charge in [-0.2, -0.15) is 0 Å². The molecule has 1 aromatic carbocycles. The third kappa shape index (κ3) is 3.13. The average Bonchev–Trinajstić information content (AvgIpc) is 3.14. The lowest BCUT2D eigenvalue weighted by molar-refractivity contribution is 0.254. The molecule has 0 spiro atoms. The molecule has 19 heavy (non-hydrogen) atoms. The fourth-order valence-electron chi connectivity index (χ4n) is 3.32. The number of likely N-dealkylation sites (tertiary alicyclic amines) is 1. The second-order valence-corrected chi connectivity index (χ2v) is 6.59. The highest BCUT2D eigenvalue weighted by Crippen LogP contribution is 2.33. The Kier molecular flexibility index (Phi) is 3.84. The van der Waals surface area contributed by atoms with Crippen LogP contribution >= 0.6 is 11.6 Å². The minimum atomic E-state index is 0.370. The smallest absolute Gasteiger partial charge is 0.0409 e. The van der Waals surface area contributed by atoms with Gasteiger partial charge in [0, 0.05) is 35.7 Å². The molecule has 3 heteroatoms. The van der Waals surface area contributed by atoms with Gasteiger partial charge in [-0.1, -0.05) is 23.7 Å². The van der Waals surface area contributed by atoms with Gasteiger partial charge in [0.25, 0.3) is 0 Å². The lowest BCUT2D eigenvalue weighted by Gasteiger charge is -2.21. The Balaban J connectivity index is 1.59. The third-order valence-electron chi connectivity index (χ3n) is 4.47. The Hall–Kier alpha value is -0.570. The molecule has 3 rings (SSSR count). The lowest BCUT2D eigenvalue weighted by atomic mass is 10.1. The maximum atomic E-state index is 6.07. The van der Waals surface area contributed by atoms with E-state index in [1.54, 1.807) is 0 Å². The second-order valence-electron chi connectivity index (χ2n) is 6.15. The quantitative estimate of drug-likeness (QED) is 0.905. The number of hydrogen-bond acceptors (Lipinski definition) is 2. The molecule has 0 bridgehead atoms. The molecular formula is C16H23ClN2. The minimum absolute atomic E-state index is 0.370. The van der Waals surface area contributed by atoms with Crippen molar-refractivity contribution in [3.63, 3.8) is 0 Å². The number of hydrogen-bond donors (Lipinski definition) is 1. The molecule has 1 saturated carbocycles. The Bertz CT molecular complexity index is 444. The molecule has 3 atom stereocenters. The first-order valence-electron chi connectivity index (χ1n) is 7.40. The van der Waals surface area contributed by atoms with Crippen LogP contribution in [0.5, 0.6) is 0 Å². The fraction of sp³-hybridized carbons (Fsp3) is 0.625. The van der Waals surface area contributed by atoms with Gasteiger partial charge in [0.15, 0.2) is 0 Å². The van der Waals surface area contributed by atoms with Crippen LogP contribution in [-0.4, -0.2) is 29.6 Å². The molecule has 0 aromatic heterocycles. The normalized spacial score (nSPS) is 29.6. The Morgan fingerprint density at radius 1 is 1.37 bits per heavy atom. The summed E-state index contributed by atoms with van der Waals surface area (Å²) < 4.78 is 0. The number of benzene rings is 1. The third-order valence-corrected chi connectivity index (χ3v) is 4.71. The van der Waals surface area contributed by atoms with Crippen LogP contribution in [0, 0.1) is 0 Å². The van der Waals surface area contributed by atoms with E-state index in [-0.39, 0.29) is 0 Å². The first kappa shape index (κ1) is 13.4. The van der Waals surface area contributed by atoms with Crippen molar-refractivity contribution in [1.82, 2.24) is 10.2 Å². The maximum Gasteiger partial charge on any atom is 0.0409 e. The zero-order valence-corrected chi connectivity index (χ0v) is 12.5. The molecule has 1 saturated heterocycles. The summed E-state index contributed by atoms with van der Waals surface area (Å²) in [4.78, 5) is 2.68. The Morgan fingerprint density at radius 3 is 2.84 bits per heavy atom. The van der Waals surface area contributed by atoms with Crippen LogP contribution < -0.4 is 5.32 Å². The summed E-state index contributed by atoms with van der Waals surface area (Å²) in [6.07, 6.45) is 4.07. The first-order chi connectivity index (χ1) is 9.13. The van der Waals surface area contributed by atoms with Gasteiger partial charge in [0.1, 0.15) is 0 Å². The molecule has 2 fully saturated rings. The van der Waals surface area contributed by atoms with Crippen molar-refractivity contribution in [3.05, 3.63) is 34.9 Å². The summed E-state index contributed by atoms with van der Waals surface area (Å²) in [5, 5.41) is 4.59. The predicted octanol–water partition coefficient (Wildman–Crippen LogP) is 3.62. The van der Waals surface area contributed by atoms with Crippen molar-refractivity contribution >= 4 is 11.6 Å². The zero-order valence-electron chi connectivity index (χ0n) is 11.8. The molecule has 2 aliphatic rings. The summed E-state index contributed by atoms with van der Waals surface area (Å²) >= 11 is 6.07. The van der Waals surface area contributed by atoms with Crippen molar-refractivity contribution < 1.29 is 0 Å². The largest absolute Gasteiger partial charge is 0.306 e. The van der Waals surface area contributed by atoms with Crippen LogP contribution in [0.3, 0.4) is 0 Å². The van der Waals surface area contributed by atoms with Crippen LogP contribution in [0.25, 0.3) is 0 Å². The summed E-state index contributed by atoms with van der Waals surface area (Å²) in [6.45, 7) is 5.80. The molecule has 1 heterocycles. The number of rotatable bonds is 4. The molecular weight excluding hydrogens is 256 g/mol. The van der Waals surface area contributed by atoms with E-state index < -0.39 is 0 Å². The summed E-state index contributed by atoms with van der Waals surface area (Å²) in [7, 11) is 0. The summed E-state index contributed by atoms with van der Waals surface area (Å²) in [6, 6.07) is 10.8. The molecule has 0 radical (unpaired) electrons. The molecule has 1 N–H and O–H groups in total. The van der Waals surface area contributed by atoms with Crippen molar-refractivity contribution in [2.45, 2.75) is 57.3 Å². The van der Waals surface area contributed by atoms with Gasteiger partial charge < -0.3 is 5.32 Å². The average molecular weight is 279 g/mol. The maximum absolute atomic E-state index is 6.07. The van der Waals surface area contributed by atoms with E-state index in [0.29, 0.717) is 12.1 Å². The predicted molar refractivity (Wildman–Crippen MR) is 80.6 cm³/mol. The van der Waals surface area contributed by atoms with Crippen LogP contribution in [0.1, 0.15) is 44.7 Å². The van der Waals surface area contributed by atoms with E-state index in [1.165, 1.54) is 31.4 Å². The van der Waals surface area contributed by atoms with Crippen molar-refractivity contribution in [2.75, 3.05) is 6.54 Å². The van der Waals surface area contributed by atoms with Gasteiger partial charge >= 0.3 is 0 Å². The van der Waals surface area contributed by atoms with Gasteiger partial charge in [-0.05, 0) is 50.8 Å². The molecule has 2 nitrogen and oxygen atoms in total. The van der Waals surface area contributed by atoms with Crippen LogP contribution in [0.4, 0.5) is 0 Å². The van der Waals surface area contributed by atoms with Gasteiger partial charge in [0.05, 0.1) is 0 Å². The topological polar surface area (TPSA) is 15.3 Å². The van der Waals surface area contributed by atoms with Crippen LogP contribution in [0.15, 0.2) is 24.3 Å². The van der Waals surface area contributed by atoms with Crippen molar-refractivity contribution in [1.29, 1.82) is 0 Å². The molecule has 1 aliphatic heterocycles. The van der Waals surface area contributed by atoms with E-state index >= 15 is 0 Å². The standard InChI is InChI=1S/C16H23ClN2/c1-11-8-15(10-19(11)16-6-7-16)18-12(2)13-4-3-5-14(17)9-13/h3-5,9,11-12,15-16,18H,6-8,10H2,1-2H3/t11?,12-,15?/m1/s1. The molecule has 2 unspecified atom stereocenters. The van der Waals surface area contributed by atoms with E-state index in [4.69, 9.17) is 11.6 Å². The summed E-state index contributed by atoms with van der Waals surface area (Å²) in [5.41, 5.74) is 1.28. The van der Waals surface area contributed by atoms with E-state index in [9.17, 15) is 0 Å². The fourth-order valence-corrected chi connectivity index (χ4v) is 3.52. The summed E-state index contributed by atoms with van der Waals surface area (Å²) in [5.74, 6) is 0. The van der Waals surface area contributed by atoms with Crippen LogP contribution in [-0.2, 0) is 0 Å². The molecule has 1 aliphatic carbocycles. The van der Waals surface area contributed by atoms with Gasteiger partial charge in [-0.3, -0.25) is 4.90 Å². The number of nitrogens with one attached hydrogen (secondary N) is 1. The highest BCUT2D eigenvalue weighted by molar-refractivity contribution is 6.30. The van der Waals surface area contributed by atoms with Crippen LogP contribution in [0.2, 0.25) is 5.02 Å². The number of nitrogens with zero attached hydrogens (tertiary/aromatic N) is 1. The molecule has 104 valence electrons. The molecule has 0 amide bonds. The number of halogens is 1. The van der Waals surface area contributed by atoms with Gasteiger partial charge in [-0.15, -0.1) is 0 Å². The Morgan fingerprint density at radius 2 is 2.16 bits per heavy atom. The lowest BCUT2D eigenvalue weighted by Crippen LogP contribution is -2.35. The highest BCUT2D eigenvalue weighted by atomic mass is 35.5.